The third-order valence-electron chi connectivity index (χ3n) is 5.27. The topological polar surface area (TPSA) is 44.1 Å². The summed E-state index contributed by atoms with van der Waals surface area (Å²) in [4.78, 5) is 13.1. The van der Waals surface area contributed by atoms with Crippen LogP contribution in [-0.2, 0) is 21.5 Å². The molecule has 0 spiro atoms. The lowest BCUT2D eigenvalue weighted by Crippen LogP contribution is -2.33. The van der Waals surface area contributed by atoms with Gasteiger partial charge in [-0.15, -0.1) is 11.6 Å². The fourth-order valence-electron chi connectivity index (χ4n) is 3.82. The van der Waals surface area contributed by atoms with Gasteiger partial charge in [-0.25, -0.2) is 0 Å². The zero-order chi connectivity index (χ0) is 20.1. The minimum atomic E-state index is -0.759. The molecule has 1 fully saturated rings. The molecule has 0 saturated carbocycles. The maximum Gasteiger partial charge on any atom is 0.321 e. The molecule has 1 saturated heterocycles. The van der Waals surface area contributed by atoms with Gasteiger partial charge in [0.1, 0.15) is 11.5 Å². The van der Waals surface area contributed by atoms with Gasteiger partial charge in [-0.1, -0.05) is 60.7 Å². The highest BCUT2D eigenvalue weighted by atomic mass is 35.5. The molecule has 0 N–H and O–H groups in total. The van der Waals surface area contributed by atoms with E-state index in [4.69, 9.17) is 4.74 Å². The lowest BCUT2D eigenvalue weighted by atomic mass is 9.72. The Labute approximate surface area is 171 Å². The molecule has 4 rings (SSSR count). The molecule has 5 heteroatoms. The van der Waals surface area contributed by atoms with Gasteiger partial charge in [0.15, 0.2) is 0 Å². The van der Waals surface area contributed by atoms with Crippen molar-refractivity contribution in [1.29, 1.82) is 0 Å². The van der Waals surface area contributed by atoms with Gasteiger partial charge in [0.25, 0.3) is 0 Å². The van der Waals surface area contributed by atoms with Gasteiger partial charge in [0.05, 0.1) is 12.2 Å². The van der Waals surface area contributed by atoms with Crippen molar-refractivity contribution >= 4 is 17.6 Å². The van der Waals surface area contributed by atoms with E-state index in [-0.39, 0.29) is 12.1 Å². The first-order valence-electron chi connectivity index (χ1n) is 9.30. The molecule has 1 aromatic heterocycles. The van der Waals surface area contributed by atoms with E-state index in [0.717, 1.165) is 22.4 Å². The van der Waals surface area contributed by atoms with E-state index in [9.17, 15) is 4.79 Å². The smallest absolute Gasteiger partial charge is 0.321 e. The predicted molar refractivity (Wildman–Crippen MR) is 112 cm³/mol. The normalized spacial score (nSPS) is 17.6. The zero-order valence-corrected chi connectivity index (χ0v) is 17.2. The van der Waals surface area contributed by atoms with E-state index in [2.05, 4.69) is 16.7 Å². The summed E-state index contributed by atoms with van der Waals surface area (Å²) in [5.41, 5.74) is 3.35. The Bertz CT molecular complexity index is 863. The van der Waals surface area contributed by atoms with E-state index in [1.165, 1.54) is 6.38 Å². The lowest BCUT2D eigenvalue weighted by molar-refractivity contribution is -0.145. The van der Waals surface area contributed by atoms with Crippen LogP contribution in [0.5, 0.6) is 0 Å². The minimum absolute atomic E-state index is 0.180. The van der Waals surface area contributed by atoms with Gasteiger partial charge in [0, 0.05) is 19.0 Å². The number of cyclic esters (lactones) is 1. The van der Waals surface area contributed by atoms with Crippen LogP contribution in [0.3, 0.4) is 0 Å². The number of ether oxygens (including phenoxy) is 1. The second kappa shape index (κ2) is 8.61. The highest BCUT2D eigenvalue weighted by molar-refractivity contribution is 6.15. The number of hydrogen-bond acceptors (Lipinski definition) is 3. The number of nitrogens with zero attached hydrogens (tertiary/aromatic N) is 2. The fraction of sp³-hybridized carbons (Fsp3) is 0.304. The highest BCUT2D eigenvalue weighted by Crippen LogP contribution is 2.43. The Morgan fingerprint density at radius 3 is 2.04 bits per heavy atom. The molecular weight excluding hydrogens is 372 g/mol. The van der Waals surface area contributed by atoms with Crippen LogP contribution in [-0.4, -0.2) is 28.2 Å². The molecule has 1 atom stereocenters. The van der Waals surface area contributed by atoms with Crippen LogP contribution in [0.15, 0.2) is 66.9 Å². The van der Waals surface area contributed by atoms with Gasteiger partial charge in [-0.2, -0.15) is 5.10 Å². The summed E-state index contributed by atoms with van der Waals surface area (Å²) in [5.74, 6) is -0.180. The Balaban J connectivity index is 0.00000109. The van der Waals surface area contributed by atoms with Crippen molar-refractivity contribution in [2.75, 3.05) is 6.38 Å². The largest absolute Gasteiger partial charge is 0.459 e. The molecule has 2 aromatic carbocycles. The summed E-state index contributed by atoms with van der Waals surface area (Å²) in [5, 5.41) is 4.52. The molecule has 0 bridgehead atoms. The van der Waals surface area contributed by atoms with E-state index in [1.807, 2.05) is 85.4 Å². The van der Waals surface area contributed by atoms with Crippen LogP contribution in [0.2, 0.25) is 0 Å². The second-order valence-electron chi connectivity index (χ2n) is 6.99. The summed E-state index contributed by atoms with van der Waals surface area (Å²) in [6.07, 6.45) is 3.88. The minimum Gasteiger partial charge on any atom is -0.459 e. The molecule has 3 aromatic rings. The van der Waals surface area contributed by atoms with E-state index in [1.54, 1.807) is 0 Å². The Hall–Kier alpha value is -2.59. The zero-order valence-electron chi connectivity index (χ0n) is 16.4. The van der Waals surface area contributed by atoms with Gasteiger partial charge in [-0.3, -0.25) is 9.48 Å². The number of aryl methyl sites for hydroxylation is 2. The van der Waals surface area contributed by atoms with Crippen LogP contribution >= 0.6 is 11.6 Å². The maximum atomic E-state index is 13.1. The molecule has 2 heterocycles. The Morgan fingerprint density at radius 1 is 1.04 bits per heavy atom. The number of halogens is 1. The third kappa shape index (κ3) is 3.69. The van der Waals surface area contributed by atoms with Crippen molar-refractivity contribution in [3.8, 4) is 0 Å². The van der Waals surface area contributed by atoms with Gasteiger partial charge in [0.2, 0.25) is 0 Å². The summed E-state index contributed by atoms with van der Waals surface area (Å²) in [7, 11) is 0. The summed E-state index contributed by atoms with van der Waals surface area (Å²) in [6.45, 7) is 4.60. The molecule has 1 aliphatic rings. The number of alkyl halides is 1. The molecule has 146 valence electrons. The predicted octanol–water partition coefficient (Wildman–Crippen LogP) is 4.66. The number of benzene rings is 2. The first-order valence-corrected chi connectivity index (χ1v) is 10.1. The van der Waals surface area contributed by atoms with Crippen molar-refractivity contribution < 1.29 is 9.53 Å². The second-order valence-corrected chi connectivity index (χ2v) is 6.99. The van der Waals surface area contributed by atoms with Crippen LogP contribution in [0.4, 0.5) is 0 Å². The SMILES string of the molecule is CCl.Cc1cn(CC2CC(c3ccccc3)(c3ccccc3)C(=O)O2)nc1C. The number of carbonyl (C=O) groups is 1. The highest BCUT2D eigenvalue weighted by Gasteiger charge is 2.51. The molecule has 0 radical (unpaired) electrons. The molecule has 0 amide bonds. The van der Waals surface area contributed by atoms with Crippen LogP contribution in [0.25, 0.3) is 0 Å². The number of rotatable bonds is 4. The Morgan fingerprint density at radius 2 is 1.57 bits per heavy atom. The van der Waals surface area contributed by atoms with E-state index in [0.29, 0.717) is 13.0 Å². The number of esters is 1. The van der Waals surface area contributed by atoms with Crippen LogP contribution in [0, 0.1) is 13.8 Å². The van der Waals surface area contributed by atoms with Crippen molar-refractivity contribution in [3.63, 3.8) is 0 Å². The molecule has 1 aliphatic heterocycles. The number of carbonyl (C=O) groups excluding carboxylic acids is 1. The first-order chi connectivity index (χ1) is 13.6. The van der Waals surface area contributed by atoms with Crippen molar-refractivity contribution in [2.45, 2.75) is 38.3 Å². The van der Waals surface area contributed by atoms with Gasteiger partial charge in [-0.05, 0) is 30.5 Å². The quantitative estimate of drug-likeness (QED) is 0.476. The van der Waals surface area contributed by atoms with Crippen LogP contribution in [0.1, 0.15) is 28.8 Å². The molecule has 4 nitrogen and oxygen atoms in total. The summed E-state index contributed by atoms with van der Waals surface area (Å²) >= 11 is 4.64. The summed E-state index contributed by atoms with van der Waals surface area (Å²) < 4.78 is 7.72. The summed E-state index contributed by atoms with van der Waals surface area (Å²) in [6, 6.07) is 19.9. The van der Waals surface area contributed by atoms with Crippen molar-refractivity contribution in [3.05, 3.63) is 89.2 Å². The van der Waals surface area contributed by atoms with E-state index >= 15 is 0 Å². The number of aromatic nitrogens is 2. The standard InChI is InChI=1S/C22H22N2O2.CH3Cl/c1-16-14-24(23-17(16)2)15-20-13-22(21(25)26-20,18-9-5-3-6-10-18)19-11-7-4-8-12-19;1-2/h3-12,14,20H,13,15H2,1-2H3;1H3. The maximum absolute atomic E-state index is 13.1. The van der Waals surface area contributed by atoms with Crippen molar-refractivity contribution in [1.82, 2.24) is 9.78 Å². The molecule has 1 unspecified atom stereocenters. The number of hydrogen-bond donors (Lipinski definition) is 0. The van der Waals surface area contributed by atoms with Gasteiger partial charge >= 0.3 is 5.97 Å². The third-order valence-corrected chi connectivity index (χ3v) is 5.27. The van der Waals surface area contributed by atoms with Crippen LogP contribution < -0.4 is 0 Å². The molecule has 28 heavy (non-hydrogen) atoms. The molecular formula is C23H25ClN2O2. The molecule has 0 aliphatic carbocycles. The first kappa shape index (κ1) is 20.2. The monoisotopic (exact) mass is 396 g/mol. The van der Waals surface area contributed by atoms with Crippen molar-refractivity contribution in [2.24, 2.45) is 0 Å². The average Bonchev–Trinajstić information content (AvgIpc) is 3.23. The average molecular weight is 397 g/mol. The van der Waals surface area contributed by atoms with E-state index < -0.39 is 5.41 Å². The fourth-order valence-corrected chi connectivity index (χ4v) is 3.82. The Kier molecular flexibility index (Phi) is 6.20. The lowest BCUT2D eigenvalue weighted by Gasteiger charge is -2.26. The van der Waals surface area contributed by atoms with Gasteiger partial charge < -0.3 is 4.74 Å².